The summed E-state index contributed by atoms with van der Waals surface area (Å²) in [6.07, 6.45) is 7.41. The molecule has 3 heterocycles. The van der Waals surface area contributed by atoms with Crippen molar-refractivity contribution in [3.63, 3.8) is 0 Å². The van der Waals surface area contributed by atoms with Gasteiger partial charge < -0.3 is 4.90 Å². The minimum absolute atomic E-state index is 0.262. The number of rotatable bonds is 5. The molecule has 1 saturated heterocycles. The summed E-state index contributed by atoms with van der Waals surface area (Å²) in [5.74, 6) is 0.558. The third-order valence-corrected chi connectivity index (χ3v) is 4.87. The Bertz CT molecular complexity index is 901. The lowest BCUT2D eigenvalue weighted by molar-refractivity contribution is 0.249. The highest BCUT2D eigenvalue weighted by molar-refractivity contribution is 5.72. The minimum Gasteiger partial charge on any atom is -0.352 e. The van der Waals surface area contributed by atoms with E-state index in [0.717, 1.165) is 56.3 Å². The fourth-order valence-corrected chi connectivity index (χ4v) is 3.44. The molecular formula is C20H23FN6. The van der Waals surface area contributed by atoms with Crippen LogP contribution < -0.4 is 4.90 Å². The second-order valence-corrected chi connectivity index (χ2v) is 6.71. The SMILES string of the molecule is CCn1cc(CN2CCN(c3nccnc3-c3cccc(F)c3)CC2)cn1. The number of piperazine rings is 1. The summed E-state index contributed by atoms with van der Waals surface area (Å²) in [7, 11) is 0. The van der Waals surface area contributed by atoms with Gasteiger partial charge in [-0.25, -0.2) is 9.37 Å². The van der Waals surface area contributed by atoms with E-state index in [1.54, 1.807) is 18.5 Å². The fourth-order valence-electron chi connectivity index (χ4n) is 3.44. The van der Waals surface area contributed by atoms with Crippen LogP contribution in [-0.2, 0) is 13.1 Å². The molecule has 0 radical (unpaired) electrons. The number of benzene rings is 1. The predicted octanol–water partition coefficient (Wildman–Crippen LogP) is 2.82. The maximum absolute atomic E-state index is 13.6. The van der Waals surface area contributed by atoms with Crippen molar-refractivity contribution in [2.45, 2.75) is 20.0 Å². The highest BCUT2D eigenvalue weighted by atomic mass is 19.1. The van der Waals surface area contributed by atoms with E-state index in [1.807, 2.05) is 16.9 Å². The van der Waals surface area contributed by atoms with Crippen LogP contribution in [0.4, 0.5) is 10.2 Å². The molecule has 4 rings (SSSR count). The van der Waals surface area contributed by atoms with E-state index in [0.29, 0.717) is 0 Å². The molecule has 6 nitrogen and oxygen atoms in total. The van der Waals surface area contributed by atoms with Crippen LogP contribution in [0.1, 0.15) is 12.5 Å². The number of nitrogens with zero attached hydrogens (tertiary/aromatic N) is 6. The largest absolute Gasteiger partial charge is 0.352 e. The van der Waals surface area contributed by atoms with Crippen LogP contribution in [0.25, 0.3) is 11.3 Å². The Morgan fingerprint density at radius 2 is 1.89 bits per heavy atom. The number of halogens is 1. The number of anilines is 1. The van der Waals surface area contributed by atoms with Gasteiger partial charge in [-0.1, -0.05) is 12.1 Å². The first kappa shape index (κ1) is 17.6. The van der Waals surface area contributed by atoms with E-state index in [4.69, 9.17) is 0 Å². The Labute approximate surface area is 158 Å². The molecule has 0 atom stereocenters. The van der Waals surface area contributed by atoms with Crippen molar-refractivity contribution in [2.24, 2.45) is 0 Å². The second-order valence-electron chi connectivity index (χ2n) is 6.71. The first-order chi connectivity index (χ1) is 13.2. The smallest absolute Gasteiger partial charge is 0.155 e. The molecule has 0 aliphatic carbocycles. The first-order valence-corrected chi connectivity index (χ1v) is 9.28. The van der Waals surface area contributed by atoms with E-state index >= 15 is 0 Å². The van der Waals surface area contributed by atoms with Gasteiger partial charge in [0.05, 0.1) is 6.20 Å². The van der Waals surface area contributed by atoms with Crippen LogP contribution in [0, 0.1) is 5.82 Å². The summed E-state index contributed by atoms with van der Waals surface area (Å²) in [5, 5.41) is 4.35. The van der Waals surface area contributed by atoms with E-state index in [-0.39, 0.29) is 5.82 Å². The van der Waals surface area contributed by atoms with E-state index < -0.39 is 0 Å². The van der Waals surface area contributed by atoms with Crippen molar-refractivity contribution < 1.29 is 4.39 Å². The van der Waals surface area contributed by atoms with Crippen LogP contribution in [0.5, 0.6) is 0 Å². The van der Waals surface area contributed by atoms with Crippen molar-refractivity contribution in [1.29, 1.82) is 0 Å². The number of hydrogen-bond donors (Lipinski definition) is 0. The summed E-state index contributed by atoms with van der Waals surface area (Å²) in [6.45, 7) is 7.50. The van der Waals surface area contributed by atoms with Crippen molar-refractivity contribution in [2.75, 3.05) is 31.1 Å². The molecule has 1 aromatic carbocycles. The zero-order chi connectivity index (χ0) is 18.6. The molecule has 1 fully saturated rings. The number of aromatic nitrogens is 4. The fraction of sp³-hybridized carbons (Fsp3) is 0.350. The molecule has 140 valence electrons. The molecule has 0 bridgehead atoms. The summed E-state index contributed by atoms with van der Waals surface area (Å²) in [5.41, 5.74) is 2.73. The summed E-state index contributed by atoms with van der Waals surface area (Å²) >= 11 is 0. The molecular weight excluding hydrogens is 343 g/mol. The Balaban J connectivity index is 1.45. The third kappa shape index (κ3) is 3.98. The summed E-state index contributed by atoms with van der Waals surface area (Å²) in [4.78, 5) is 13.7. The second kappa shape index (κ2) is 7.84. The van der Waals surface area contributed by atoms with Crippen LogP contribution in [-0.4, -0.2) is 50.8 Å². The zero-order valence-electron chi connectivity index (χ0n) is 15.4. The average Bonchev–Trinajstić information content (AvgIpc) is 3.16. The molecule has 0 unspecified atom stereocenters. The van der Waals surface area contributed by atoms with Crippen molar-refractivity contribution in [1.82, 2.24) is 24.6 Å². The van der Waals surface area contributed by atoms with Crippen LogP contribution in [0.15, 0.2) is 49.1 Å². The van der Waals surface area contributed by atoms with E-state index in [9.17, 15) is 4.39 Å². The summed E-state index contributed by atoms with van der Waals surface area (Å²) in [6, 6.07) is 6.53. The number of aryl methyl sites for hydroxylation is 1. The van der Waals surface area contributed by atoms with Gasteiger partial charge in [0, 0.05) is 69.0 Å². The lowest BCUT2D eigenvalue weighted by Gasteiger charge is -2.35. The van der Waals surface area contributed by atoms with Gasteiger partial charge in [0.2, 0.25) is 0 Å². The summed E-state index contributed by atoms with van der Waals surface area (Å²) < 4.78 is 15.6. The quantitative estimate of drug-likeness (QED) is 0.695. The molecule has 27 heavy (non-hydrogen) atoms. The van der Waals surface area contributed by atoms with Crippen LogP contribution in [0.2, 0.25) is 0 Å². The van der Waals surface area contributed by atoms with E-state index in [2.05, 4.69) is 38.0 Å². The van der Waals surface area contributed by atoms with Gasteiger partial charge in [-0.3, -0.25) is 14.6 Å². The normalized spacial score (nSPS) is 15.3. The molecule has 3 aromatic rings. The van der Waals surface area contributed by atoms with E-state index in [1.165, 1.54) is 17.7 Å². The monoisotopic (exact) mass is 366 g/mol. The number of hydrogen-bond acceptors (Lipinski definition) is 5. The molecule has 7 heteroatoms. The Kier molecular flexibility index (Phi) is 5.11. The Morgan fingerprint density at radius 1 is 1.07 bits per heavy atom. The molecule has 0 amide bonds. The van der Waals surface area contributed by atoms with Crippen molar-refractivity contribution >= 4 is 5.82 Å². The van der Waals surface area contributed by atoms with Gasteiger partial charge >= 0.3 is 0 Å². The average molecular weight is 366 g/mol. The lowest BCUT2D eigenvalue weighted by Crippen LogP contribution is -2.46. The van der Waals surface area contributed by atoms with Gasteiger partial charge in [-0.2, -0.15) is 5.10 Å². The van der Waals surface area contributed by atoms with Crippen LogP contribution in [0.3, 0.4) is 0 Å². The molecule has 0 N–H and O–H groups in total. The van der Waals surface area contributed by atoms with Gasteiger partial charge in [0.15, 0.2) is 5.82 Å². The topological polar surface area (TPSA) is 50.1 Å². The highest BCUT2D eigenvalue weighted by Crippen LogP contribution is 2.27. The molecule has 0 spiro atoms. The first-order valence-electron chi connectivity index (χ1n) is 9.28. The van der Waals surface area contributed by atoms with Crippen molar-refractivity contribution in [3.8, 4) is 11.3 Å². The van der Waals surface area contributed by atoms with Gasteiger partial charge in [-0.05, 0) is 19.1 Å². The molecule has 2 aromatic heterocycles. The highest BCUT2D eigenvalue weighted by Gasteiger charge is 2.22. The molecule has 0 saturated carbocycles. The Morgan fingerprint density at radius 3 is 2.63 bits per heavy atom. The standard InChI is InChI=1S/C20H23FN6/c1-2-27-15-16(13-24-27)14-25-8-10-26(11-9-25)20-19(22-6-7-23-20)17-4-3-5-18(21)12-17/h3-7,12-13,15H,2,8-11,14H2,1H3. The minimum atomic E-state index is -0.262. The predicted molar refractivity (Wildman–Crippen MR) is 103 cm³/mol. The maximum Gasteiger partial charge on any atom is 0.155 e. The van der Waals surface area contributed by atoms with Gasteiger partial charge in [-0.15, -0.1) is 0 Å². The van der Waals surface area contributed by atoms with Crippen LogP contribution >= 0.6 is 0 Å². The maximum atomic E-state index is 13.6. The van der Waals surface area contributed by atoms with Gasteiger partial charge in [0.25, 0.3) is 0 Å². The van der Waals surface area contributed by atoms with Crippen molar-refractivity contribution in [3.05, 3.63) is 60.4 Å². The molecule has 1 aliphatic heterocycles. The zero-order valence-corrected chi connectivity index (χ0v) is 15.4. The third-order valence-electron chi connectivity index (χ3n) is 4.87. The Hall–Kier alpha value is -2.80. The molecule has 1 aliphatic rings. The van der Waals surface area contributed by atoms with Gasteiger partial charge in [0.1, 0.15) is 11.5 Å². The lowest BCUT2D eigenvalue weighted by atomic mass is 10.1.